The molecule has 0 radical (unpaired) electrons. The van der Waals surface area contributed by atoms with Gasteiger partial charge in [-0.2, -0.15) is 18.2 Å². The Morgan fingerprint density at radius 1 is 1.07 bits per heavy atom. The molecule has 2 amide bonds. The number of anilines is 2. The van der Waals surface area contributed by atoms with E-state index in [1.807, 2.05) is 24.3 Å². The fraction of sp³-hybridized carbons (Fsp3) is 0.500. The van der Waals surface area contributed by atoms with Crippen molar-refractivity contribution in [2.24, 2.45) is 0 Å². The van der Waals surface area contributed by atoms with E-state index in [9.17, 15) is 22.8 Å². The zero-order valence-corrected chi connectivity index (χ0v) is 25.2. The van der Waals surface area contributed by atoms with Gasteiger partial charge in [0.2, 0.25) is 11.9 Å². The number of piperidine rings is 1. The molecule has 2 atom stereocenters. The molecule has 44 heavy (non-hydrogen) atoms. The molecule has 12 heteroatoms. The minimum Gasteiger partial charge on any atom is -0.339 e. The number of amides is 2. The second-order valence-corrected chi connectivity index (χ2v) is 11.8. The van der Waals surface area contributed by atoms with Crippen LogP contribution in [0.2, 0.25) is 0 Å². The lowest BCUT2D eigenvalue weighted by Gasteiger charge is -2.40. The molecule has 5 rings (SSSR count). The monoisotopic (exact) mass is 611 g/mol. The van der Waals surface area contributed by atoms with E-state index in [0.29, 0.717) is 41.9 Å². The smallest absolute Gasteiger partial charge is 0.339 e. The maximum absolute atomic E-state index is 13.5. The van der Waals surface area contributed by atoms with Gasteiger partial charge in [-0.3, -0.25) is 9.59 Å². The van der Waals surface area contributed by atoms with Crippen LogP contribution in [0.3, 0.4) is 0 Å². The predicted molar refractivity (Wildman–Crippen MR) is 164 cm³/mol. The van der Waals surface area contributed by atoms with Crippen LogP contribution in [0.5, 0.6) is 0 Å². The van der Waals surface area contributed by atoms with Gasteiger partial charge >= 0.3 is 6.18 Å². The number of likely N-dealkylation sites (tertiary alicyclic amines) is 2. The lowest BCUT2D eigenvalue weighted by atomic mass is 9.94. The Morgan fingerprint density at radius 2 is 1.82 bits per heavy atom. The second kappa shape index (κ2) is 13.4. The molecule has 0 saturated carbocycles. The molecule has 2 aromatic rings. The number of benzene rings is 1. The number of carbonyl (C=O) groups excluding carboxylic acids is 2. The number of allylic oxidation sites excluding steroid dienone is 1. The summed E-state index contributed by atoms with van der Waals surface area (Å²) in [6.45, 7) is 10.4. The van der Waals surface area contributed by atoms with Gasteiger partial charge in [0.1, 0.15) is 0 Å². The van der Waals surface area contributed by atoms with Crippen molar-refractivity contribution in [3.05, 3.63) is 60.5 Å². The van der Waals surface area contributed by atoms with E-state index in [0.717, 1.165) is 43.6 Å². The third kappa shape index (κ3) is 7.23. The Kier molecular flexibility index (Phi) is 9.57. The van der Waals surface area contributed by atoms with Crippen LogP contribution >= 0.6 is 0 Å². The Bertz CT molecular complexity index is 1420. The maximum Gasteiger partial charge on any atom is 0.389 e. The highest BCUT2D eigenvalue weighted by Crippen LogP contribution is 2.31. The summed E-state index contributed by atoms with van der Waals surface area (Å²) in [6, 6.07) is 7.99. The van der Waals surface area contributed by atoms with Crippen LogP contribution in [0, 0.1) is 0 Å². The van der Waals surface area contributed by atoms with Crippen molar-refractivity contribution in [2.75, 3.05) is 38.5 Å². The van der Waals surface area contributed by atoms with Gasteiger partial charge in [0.25, 0.3) is 5.91 Å². The summed E-state index contributed by atoms with van der Waals surface area (Å²) >= 11 is 0. The molecule has 4 heterocycles. The highest BCUT2D eigenvalue weighted by Gasteiger charge is 2.37. The normalized spacial score (nSPS) is 21.2. The van der Waals surface area contributed by atoms with E-state index in [-0.39, 0.29) is 18.5 Å². The summed E-state index contributed by atoms with van der Waals surface area (Å²) in [5.41, 5.74) is 2.80. The largest absolute Gasteiger partial charge is 0.389 e. The maximum atomic E-state index is 13.5. The molecular formula is C32H40F3N7O2. The number of aromatic nitrogens is 3. The van der Waals surface area contributed by atoms with Crippen molar-refractivity contribution in [3.8, 4) is 0 Å². The molecule has 0 bridgehead atoms. The summed E-state index contributed by atoms with van der Waals surface area (Å²) in [7, 11) is 2.17. The average Bonchev–Trinajstić information content (AvgIpc) is 3.67. The number of hydrogen-bond acceptors (Lipinski definition) is 6. The van der Waals surface area contributed by atoms with E-state index in [2.05, 4.69) is 45.4 Å². The molecule has 0 aliphatic carbocycles. The lowest BCUT2D eigenvalue weighted by Crippen LogP contribution is -2.51. The molecule has 9 nitrogen and oxygen atoms in total. The number of nitrogens with one attached hydrogen (secondary N) is 1. The zero-order chi connectivity index (χ0) is 31.4. The van der Waals surface area contributed by atoms with Gasteiger partial charge in [0, 0.05) is 61.2 Å². The van der Waals surface area contributed by atoms with Gasteiger partial charge in [-0.1, -0.05) is 25.7 Å². The molecule has 2 unspecified atom stereocenters. The third-order valence-electron chi connectivity index (χ3n) is 8.87. The van der Waals surface area contributed by atoms with Crippen molar-refractivity contribution in [1.29, 1.82) is 0 Å². The molecule has 2 saturated heterocycles. The van der Waals surface area contributed by atoms with Gasteiger partial charge in [0.15, 0.2) is 5.82 Å². The summed E-state index contributed by atoms with van der Waals surface area (Å²) in [5.74, 6) is 0.325. The second-order valence-electron chi connectivity index (χ2n) is 11.8. The predicted octanol–water partition coefficient (Wildman–Crippen LogP) is 5.73. The number of halogens is 3. The van der Waals surface area contributed by atoms with Crippen molar-refractivity contribution in [1.82, 2.24) is 29.5 Å². The Balaban J connectivity index is 1.21. The summed E-state index contributed by atoms with van der Waals surface area (Å²) in [5, 5.41) is 7.64. The molecule has 3 aliphatic rings. The lowest BCUT2D eigenvalue weighted by molar-refractivity contribution is -0.148. The van der Waals surface area contributed by atoms with Crippen LogP contribution < -0.4 is 5.32 Å². The number of likely N-dealkylation sites (N-methyl/N-ethyl adjacent to an activating group) is 1. The highest BCUT2D eigenvalue weighted by molar-refractivity contribution is 5.95. The molecule has 1 N–H and O–H groups in total. The molecular weight excluding hydrogens is 571 g/mol. The molecule has 1 aromatic carbocycles. The highest BCUT2D eigenvalue weighted by atomic mass is 19.4. The van der Waals surface area contributed by atoms with Gasteiger partial charge in [-0.25, -0.2) is 4.68 Å². The topological polar surface area (TPSA) is 86.6 Å². The Labute approximate surface area is 256 Å². The summed E-state index contributed by atoms with van der Waals surface area (Å²) in [6.07, 6.45) is 3.33. The van der Waals surface area contributed by atoms with Gasteiger partial charge in [0.05, 0.1) is 6.42 Å². The number of hydrogen-bond donors (Lipinski definition) is 1. The third-order valence-corrected chi connectivity index (χ3v) is 8.87. The van der Waals surface area contributed by atoms with Crippen LogP contribution in [0.15, 0.2) is 49.1 Å². The standard InChI is InChI=1S/C32H40F3N7O2/c1-4-42-29(22(2)23-15-20-40(21-16-23)28(43)14-17-32(33,34)35)37-31(38-42)36-25-12-10-24(11-13-25)30(44)41-19-7-9-27(41)26-8-5-6-18-39(26)3/h4,10-13,15,26-27H,1-2,5-9,14,16-21H2,3H3,(H,36,38). The number of alkyl halides is 3. The summed E-state index contributed by atoms with van der Waals surface area (Å²) in [4.78, 5) is 36.1. The van der Waals surface area contributed by atoms with E-state index in [1.165, 1.54) is 28.6 Å². The van der Waals surface area contributed by atoms with Crippen molar-refractivity contribution in [2.45, 2.75) is 69.6 Å². The van der Waals surface area contributed by atoms with E-state index in [1.54, 1.807) is 6.08 Å². The Hall–Kier alpha value is -3.93. The molecule has 236 valence electrons. The van der Waals surface area contributed by atoms with Crippen molar-refractivity contribution >= 4 is 35.2 Å². The van der Waals surface area contributed by atoms with E-state index < -0.39 is 24.9 Å². The van der Waals surface area contributed by atoms with E-state index in [4.69, 9.17) is 0 Å². The van der Waals surface area contributed by atoms with Gasteiger partial charge in [-0.15, -0.1) is 5.10 Å². The number of carbonyl (C=O) groups is 2. The molecule has 0 spiro atoms. The quantitative estimate of drug-likeness (QED) is 0.390. The number of rotatable bonds is 9. The SMILES string of the molecule is C=Cn1nc(Nc2ccc(C(=O)N3CCCC3C3CCCCN3C)cc2)nc1C(=C)C1=CCN(C(=O)CCC(F)(F)F)CC1. The first kappa shape index (κ1) is 31.5. The van der Waals surface area contributed by atoms with Crippen LogP contribution in [-0.2, 0) is 4.79 Å². The Morgan fingerprint density at radius 3 is 2.48 bits per heavy atom. The number of nitrogens with zero attached hydrogens (tertiary/aromatic N) is 6. The van der Waals surface area contributed by atoms with Gasteiger partial charge in [-0.05, 0) is 75.5 Å². The summed E-state index contributed by atoms with van der Waals surface area (Å²) < 4.78 is 39.0. The van der Waals surface area contributed by atoms with Crippen molar-refractivity contribution in [3.63, 3.8) is 0 Å². The molecule has 3 aliphatic heterocycles. The van der Waals surface area contributed by atoms with Crippen LogP contribution in [0.4, 0.5) is 24.8 Å². The molecule has 2 fully saturated rings. The fourth-order valence-electron chi connectivity index (χ4n) is 6.45. The zero-order valence-electron chi connectivity index (χ0n) is 25.2. The first-order valence-electron chi connectivity index (χ1n) is 15.2. The average molecular weight is 612 g/mol. The van der Waals surface area contributed by atoms with Crippen LogP contribution in [0.1, 0.15) is 67.5 Å². The van der Waals surface area contributed by atoms with Crippen molar-refractivity contribution < 1.29 is 22.8 Å². The minimum atomic E-state index is -4.36. The van der Waals surface area contributed by atoms with Crippen LogP contribution in [-0.4, -0.2) is 92.8 Å². The minimum absolute atomic E-state index is 0.0621. The first-order chi connectivity index (χ1) is 21.0. The van der Waals surface area contributed by atoms with Gasteiger partial charge < -0.3 is 20.0 Å². The molecule has 1 aromatic heterocycles. The van der Waals surface area contributed by atoms with Crippen LogP contribution in [0.25, 0.3) is 11.8 Å². The first-order valence-corrected chi connectivity index (χ1v) is 15.2. The fourth-order valence-corrected chi connectivity index (χ4v) is 6.45. The van der Waals surface area contributed by atoms with E-state index >= 15 is 0 Å².